The molecule has 0 heterocycles. The number of hydrogen-bond donors (Lipinski definition) is 2. The molecule has 0 unspecified atom stereocenters. The third-order valence-corrected chi connectivity index (χ3v) is 2.21. The molecule has 0 saturated carbocycles. The predicted octanol–water partition coefficient (Wildman–Crippen LogP) is 0.537. The van der Waals surface area contributed by atoms with E-state index in [0.29, 0.717) is 0 Å². The lowest BCUT2D eigenvalue weighted by molar-refractivity contribution is -0.385. The van der Waals surface area contributed by atoms with Gasteiger partial charge in [0.25, 0.3) is 5.69 Å². The molecule has 0 bridgehead atoms. The van der Waals surface area contributed by atoms with Gasteiger partial charge < -0.3 is 10.0 Å². The van der Waals surface area contributed by atoms with Crippen molar-refractivity contribution >= 4 is 18.3 Å². The molecule has 0 saturated heterocycles. The zero-order valence-corrected chi connectivity index (χ0v) is 8.85. The van der Waals surface area contributed by atoms with Crippen LogP contribution in [-0.4, -0.2) is 22.1 Å². The molecule has 1 rings (SSSR count). The fourth-order valence-corrected chi connectivity index (χ4v) is 1.62. The molecule has 0 aliphatic carbocycles. The number of nitro benzene ring substituents is 1. The van der Waals surface area contributed by atoms with Gasteiger partial charge >= 0.3 is 7.12 Å². The van der Waals surface area contributed by atoms with Crippen molar-refractivity contribution in [2.45, 2.75) is 19.8 Å². The summed E-state index contributed by atoms with van der Waals surface area (Å²) in [5.41, 5.74) is -0.457. The molecule has 0 amide bonds. The summed E-state index contributed by atoms with van der Waals surface area (Å²) < 4.78 is 13.1. The van der Waals surface area contributed by atoms with Gasteiger partial charge in [0, 0.05) is 5.56 Å². The lowest BCUT2D eigenvalue weighted by Gasteiger charge is -2.12. The second kappa shape index (κ2) is 4.59. The molecule has 1 aromatic rings. The molecule has 0 fully saturated rings. The number of benzene rings is 1. The maximum Gasteiger partial charge on any atom is 0.489 e. The predicted molar refractivity (Wildman–Crippen MR) is 57.0 cm³/mol. The van der Waals surface area contributed by atoms with Crippen molar-refractivity contribution in [1.82, 2.24) is 0 Å². The summed E-state index contributed by atoms with van der Waals surface area (Å²) in [6, 6.07) is 1.67. The summed E-state index contributed by atoms with van der Waals surface area (Å²) in [4.78, 5) is 10.00. The van der Waals surface area contributed by atoms with Gasteiger partial charge in [0.1, 0.15) is 5.82 Å². The van der Waals surface area contributed by atoms with Crippen LogP contribution in [0.2, 0.25) is 0 Å². The highest BCUT2D eigenvalue weighted by atomic mass is 19.1. The fourth-order valence-electron chi connectivity index (χ4n) is 1.62. The molecule has 0 atom stereocenters. The summed E-state index contributed by atoms with van der Waals surface area (Å²) in [7, 11) is -1.92. The quantitative estimate of drug-likeness (QED) is 0.448. The molecule has 16 heavy (non-hydrogen) atoms. The standard InChI is InChI=1S/C9H11BFNO4/c1-5(2)9-7(10(13)14)3-6(11)4-8(9)12(15)16/h3-5,13-14H,1-2H3. The lowest BCUT2D eigenvalue weighted by atomic mass is 9.74. The van der Waals surface area contributed by atoms with E-state index >= 15 is 0 Å². The summed E-state index contributed by atoms with van der Waals surface area (Å²) in [6.45, 7) is 3.32. The van der Waals surface area contributed by atoms with Crippen LogP contribution in [0.1, 0.15) is 25.3 Å². The normalized spacial score (nSPS) is 10.6. The van der Waals surface area contributed by atoms with Crippen molar-refractivity contribution in [2.75, 3.05) is 0 Å². The number of nitro groups is 1. The van der Waals surface area contributed by atoms with E-state index in [1.165, 1.54) is 0 Å². The minimum absolute atomic E-state index is 0.140. The van der Waals surface area contributed by atoms with Gasteiger partial charge in [-0.3, -0.25) is 10.1 Å². The summed E-state index contributed by atoms with van der Waals surface area (Å²) >= 11 is 0. The molecule has 0 aliphatic heterocycles. The highest BCUT2D eigenvalue weighted by molar-refractivity contribution is 6.59. The number of hydrogen-bond acceptors (Lipinski definition) is 4. The van der Waals surface area contributed by atoms with Crippen LogP contribution in [-0.2, 0) is 0 Å². The van der Waals surface area contributed by atoms with Gasteiger partial charge in [-0.1, -0.05) is 13.8 Å². The smallest absolute Gasteiger partial charge is 0.423 e. The third-order valence-electron chi connectivity index (χ3n) is 2.21. The van der Waals surface area contributed by atoms with E-state index in [1.54, 1.807) is 13.8 Å². The van der Waals surface area contributed by atoms with Crippen LogP contribution in [0.4, 0.5) is 10.1 Å². The van der Waals surface area contributed by atoms with Crippen molar-refractivity contribution in [3.05, 3.63) is 33.6 Å². The Morgan fingerprint density at radius 1 is 1.44 bits per heavy atom. The molecular weight excluding hydrogens is 216 g/mol. The first kappa shape index (κ1) is 12.6. The van der Waals surface area contributed by atoms with Gasteiger partial charge in [-0.25, -0.2) is 4.39 Å². The largest absolute Gasteiger partial charge is 0.489 e. The number of rotatable bonds is 3. The molecule has 0 spiro atoms. The second-order valence-corrected chi connectivity index (χ2v) is 3.71. The maximum absolute atomic E-state index is 13.1. The van der Waals surface area contributed by atoms with Gasteiger partial charge in [0.15, 0.2) is 0 Å². The van der Waals surface area contributed by atoms with Gasteiger partial charge in [0.2, 0.25) is 0 Å². The van der Waals surface area contributed by atoms with Crippen molar-refractivity contribution < 1.29 is 19.4 Å². The Morgan fingerprint density at radius 3 is 2.38 bits per heavy atom. The number of nitrogens with zero attached hydrogens (tertiary/aromatic N) is 1. The maximum atomic E-state index is 13.1. The molecule has 2 N–H and O–H groups in total. The Balaban J connectivity index is 3.54. The van der Waals surface area contributed by atoms with Gasteiger partial charge in [0.05, 0.1) is 11.0 Å². The first-order chi connectivity index (χ1) is 7.34. The molecule has 1 aromatic carbocycles. The van der Waals surface area contributed by atoms with Crippen LogP contribution in [0.25, 0.3) is 0 Å². The molecule has 0 aromatic heterocycles. The van der Waals surface area contributed by atoms with E-state index in [-0.39, 0.29) is 16.9 Å². The summed E-state index contributed by atoms with van der Waals surface area (Å²) in [5, 5.41) is 28.8. The van der Waals surface area contributed by atoms with E-state index in [9.17, 15) is 14.5 Å². The van der Waals surface area contributed by atoms with Crippen LogP contribution in [0.15, 0.2) is 12.1 Å². The summed E-state index contributed by atoms with van der Waals surface area (Å²) in [6.07, 6.45) is 0. The zero-order chi connectivity index (χ0) is 12.5. The highest BCUT2D eigenvalue weighted by Crippen LogP contribution is 2.25. The van der Waals surface area contributed by atoms with Gasteiger partial charge in [-0.2, -0.15) is 0 Å². The average Bonchev–Trinajstić information content (AvgIpc) is 2.15. The minimum Gasteiger partial charge on any atom is -0.423 e. The molecule has 7 heteroatoms. The first-order valence-electron chi connectivity index (χ1n) is 4.68. The average molecular weight is 227 g/mol. The Kier molecular flexibility index (Phi) is 3.61. The Labute approximate surface area is 91.8 Å². The van der Waals surface area contributed by atoms with Crippen LogP contribution < -0.4 is 5.46 Å². The van der Waals surface area contributed by atoms with Crippen molar-refractivity contribution in [3.63, 3.8) is 0 Å². The van der Waals surface area contributed by atoms with Crippen molar-refractivity contribution in [2.24, 2.45) is 0 Å². The fraction of sp³-hybridized carbons (Fsp3) is 0.333. The number of halogens is 1. The van der Waals surface area contributed by atoms with Gasteiger partial charge in [-0.05, 0) is 17.4 Å². The Morgan fingerprint density at radius 2 is 2.00 bits per heavy atom. The van der Waals surface area contributed by atoms with E-state index in [4.69, 9.17) is 10.0 Å². The molecule has 0 radical (unpaired) electrons. The van der Waals surface area contributed by atoms with E-state index in [2.05, 4.69) is 0 Å². The lowest BCUT2D eigenvalue weighted by Crippen LogP contribution is -2.34. The highest BCUT2D eigenvalue weighted by Gasteiger charge is 2.27. The monoisotopic (exact) mass is 227 g/mol. The summed E-state index contributed by atoms with van der Waals surface area (Å²) in [5.74, 6) is -1.17. The van der Waals surface area contributed by atoms with Crippen molar-refractivity contribution in [3.8, 4) is 0 Å². The van der Waals surface area contributed by atoms with Crippen molar-refractivity contribution in [1.29, 1.82) is 0 Å². The van der Waals surface area contributed by atoms with Gasteiger partial charge in [-0.15, -0.1) is 0 Å². The topological polar surface area (TPSA) is 83.6 Å². The van der Waals surface area contributed by atoms with Crippen LogP contribution >= 0.6 is 0 Å². The van der Waals surface area contributed by atoms with E-state index in [1.807, 2.05) is 0 Å². The van der Waals surface area contributed by atoms with Crippen LogP contribution in [0, 0.1) is 15.9 Å². The molecule has 0 aliphatic rings. The Hall–Kier alpha value is -1.47. The molecule has 86 valence electrons. The molecular formula is C9H11BFNO4. The van der Waals surface area contributed by atoms with E-state index < -0.39 is 23.5 Å². The minimum atomic E-state index is -1.92. The third kappa shape index (κ3) is 2.37. The zero-order valence-electron chi connectivity index (χ0n) is 8.85. The van der Waals surface area contributed by atoms with Crippen LogP contribution in [0.3, 0.4) is 0 Å². The Bertz CT molecular complexity index is 422. The second-order valence-electron chi connectivity index (χ2n) is 3.71. The van der Waals surface area contributed by atoms with Crippen LogP contribution in [0.5, 0.6) is 0 Å². The van der Waals surface area contributed by atoms with E-state index in [0.717, 1.165) is 12.1 Å². The SMILES string of the molecule is CC(C)c1c(B(O)O)cc(F)cc1[N+](=O)[O-]. The molecule has 5 nitrogen and oxygen atoms in total. The first-order valence-corrected chi connectivity index (χ1v) is 4.68.